The van der Waals surface area contributed by atoms with Crippen LogP contribution in [0.2, 0.25) is 0 Å². The molecule has 0 aromatic heterocycles. The molecule has 0 radical (unpaired) electrons. The number of benzene rings is 2. The zero-order chi connectivity index (χ0) is 15.2. The Morgan fingerprint density at radius 3 is 2.29 bits per heavy atom. The molecule has 4 nitrogen and oxygen atoms in total. The Hall–Kier alpha value is -2.40. The van der Waals surface area contributed by atoms with E-state index in [9.17, 15) is 4.79 Å². The summed E-state index contributed by atoms with van der Waals surface area (Å²) in [5, 5.41) is 6.58. The summed E-state index contributed by atoms with van der Waals surface area (Å²) in [6.07, 6.45) is 0.906. The van der Waals surface area contributed by atoms with Crippen LogP contribution in [0.1, 0.15) is 22.8 Å². The first-order valence-electron chi connectivity index (χ1n) is 6.66. The largest absolute Gasteiger partial charge is 0.366 e. The van der Waals surface area contributed by atoms with Gasteiger partial charge in [0, 0.05) is 5.69 Å². The topological polar surface area (TPSA) is 67.2 Å². The van der Waals surface area contributed by atoms with E-state index in [0.29, 0.717) is 16.4 Å². The monoisotopic (exact) mass is 299 g/mol. The van der Waals surface area contributed by atoms with Gasteiger partial charge in [-0.15, -0.1) is 0 Å². The standard InChI is InChI=1S/C16H17N3OS/c1-2-11-7-3-5-9-13(11)18-16(21)19-14-10-6-4-8-12(14)15(17)20/h3-10H,2H2,1H3,(H2,17,20)(H2,18,19,21). The summed E-state index contributed by atoms with van der Waals surface area (Å²) in [4.78, 5) is 11.4. The predicted octanol–water partition coefficient (Wildman–Crippen LogP) is 3.16. The minimum atomic E-state index is -0.491. The molecule has 0 aliphatic carbocycles. The minimum absolute atomic E-state index is 0.408. The second-order valence-electron chi connectivity index (χ2n) is 4.50. The Morgan fingerprint density at radius 1 is 1.05 bits per heavy atom. The van der Waals surface area contributed by atoms with Gasteiger partial charge >= 0.3 is 0 Å². The van der Waals surface area contributed by atoms with E-state index in [2.05, 4.69) is 17.6 Å². The Bertz CT molecular complexity index is 670. The number of aryl methyl sites for hydroxylation is 1. The summed E-state index contributed by atoms with van der Waals surface area (Å²) >= 11 is 5.30. The van der Waals surface area contributed by atoms with Crippen LogP contribution in [0.3, 0.4) is 0 Å². The van der Waals surface area contributed by atoms with E-state index < -0.39 is 5.91 Å². The summed E-state index contributed by atoms with van der Waals surface area (Å²) in [6.45, 7) is 2.08. The zero-order valence-corrected chi connectivity index (χ0v) is 12.5. The number of carbonyl (C=O) groups is 1. The maximum absolute atomic E-state index is 11.4. The van der Waals surface area contributed by atoms with Crippen molar-refractivity contribution in [2.75, 3.05) is 10.6 Å². The van der Waals surface area contributed by atoms with Crippen molar-refractivity contribution >= 4 is 34.6 Å². The number of nitrogens with one attached hydrogen (secondary N) is 2. The van der Waals surface area contributed by atoms with Gasteiger partial charge in [0.2, 0.25) is 0 Å². The van der Waals surface area contributed by atoms with Crippen LogP contribution in [0, 0.1) is 0 Å². The molecular formula is C16H17N3OS. The summed E-state index contributed by atoms with van der Waals surface area (Å²) in [5.74, 6) is -0.491. The molecule has 0 bridgehead atoms. The normalized spacial score (nSPS) is 9.95. The molecule has 0 unspecified atom stereocenters. The van der Waals surface area contributed by atoms with Crippen LogP contribution in [0.15, 0.2) is 48.5 Å². The van der Waals surface area contributed by atoms with Crippen LogP contribution in [-0.4, -0.2) is 11.0 Å². The maximum atomic E-state index is 11.4. The van der Waals surface area contributed by atoms with E-state index in [1.807, 2.05) is 30.3 Å². The van der Waals surface area contributed by atoms with Gasteiger partial charge in [0.25, 0.3) is 5.91 Å². The van der Waals surface area contributed by atoms with Crippen molar-refractivity contribution in [3.8, 4) is 0 Å². The lowest BCUT2D eigenvalue weighted by molar-refractivity contribution is 0.100. The Labute approximate surface area is 129 Å². The van der Waals surface area contributed by atoms with Gasteiger partial charge in [-0.2, -0.15) is 0 Å². The van der Waals surface area contributed by atoms with Gasteiger partial charge in [-0.25, -0.2) is 0 Å². The van der Waals surface area contributed by atoms with E-state index in [-0.39, 0.29) is 0 Å². The first-order chi connectivity index (χ1) is 10.1. The Kier molecular flexibility index (Phi) is 4.90. The van der Waals surface area contributed by atoms with Crippen molar-refractivity contribution < 1.29 is 4.79 Å². The van der Waals surface area contributed by atoms with Crippen LogP contribution in [0.25, 0.3) is 0 Å². The first-order valence-corrected chi connectivity index (χ1v) is 7.07. The van der Waals surface area contributed by atoms with Gasteiger partial charge in [-0.1, -0.05) is 37.3 Å². The van der Waals surface area contributed by atoms with Crippen molar-refractivity contribution in [1.82, 2.24) is 0 Å². The molecule has 1 amide bonds. The minimum Gasteiger partial charge on any atom is -0.366 e. The van der Waals surface area contributed by atoms with E-state index in [0.717, 1.165) is 12.1 Å². The molecule has 0 heterocycles. The average molecular weight is 299 g/mol. The smallest absolute Gasteiger partial charge is 0.250 e. The van der Waals surface area contributed by atoms with Crippen LogP contribution in [0.4, 0.5) is 11.4 Å². The van der Waals surface area contributed by atoms with Crippen LogP contribution in [0.5, 0.6) is 0 Å². The molecule has 0 saturated heterocycles. The number of hydrogen-bond donors (Lipinski definition) is 3. The summed E-state index contributed by atoms with van der Waals surface area (Å²) in [6, 6.07) is 14.9. The molecule has 0 aliphatic rings. The highest BCUT2D eigenvalue weighted by Crippen LogP contribution is 2.18. The molecule has 0 fully saturated rings. The van der Waals surface area contributed by atoms with Crippen LogP contribution in [-0.2, 0) is 6.42 Å². The van der Waals surface area contributed by atoms with Crippen molar-refractivity contribution in [3.63, 3.8) is 0 Å². The molecule has 2 aromatic rings. The number of thiocarbonyl (C=S) groups is 1. The van der Waals surface area contributed by atoms with Crippen molar-refractivity contribution in [3.05, 3.63) is 59.7 Å². The molecule has 0 saturated carbocycles. The fraction of sp³-hybridized carbons (Fsp3) is 0.125. The Morgan fingerprint density at radius 2 is 1.62 bits per heavy atom. The number of rotatable bonds is 4. The van der Waals surface area contributed by atoms with Crippen LogP contribution < -0.4 is 16.4 Å². The maximum Gasteiger partial charge on any atom is 0.250 e. The SMILES string of the molecule is CCc1ccccc1NC(=S)Nc1ccccc1C(N)=O. The number of hydrogen-bond acceptors (Lipinski definition) is 2. The number of anilines is 2. The van der Waals surface area contributed by atoms with E-state index >= 15 is 0 Å². The van der Waals surface area contributed by atoms with E-state index in [4.69, 9.17) is 18.0 Å². The lowest BCUT2D eigenvalue weighted by Crippen LogP contribution is -2.22. The summed E-state index contributed by atoms with van der Waals surface area (Å²) in [5.41, 5.74) is 8.47. The fourth-order valence-electron chi connectivity index (χ4n) is 2.03. The van der Waals surface area contributed by atoms with Crippen molar-refractivity contribution in [2.45, 2.75) is 13.3 Å². The quantitative estimate of drug-likeness (QED) is 0.759. The van der Waals surface area contributed by atoms with Gasteiger partial charge < -0.3 is 16.4 Å². The first kappa shape index (κ1) is 15.0. The molecule has 0 aliphatic heterocycles. The molecule has 21 heavy (non-hydrogen) atoms. The third-order valence-electron chi connectivity index (χ3n) is 3.09. The summed E-state index contributed by atoms with van der Waals surface area (Å²) in [7, 11) is 0. The average Bonchev–Trinajstić information content (AvgIpc) is 2.48. The second kappa shape index (κ2) is 6.85. The number of amides is 1. The summed E-state index contributed by atoms with van der Waals surface area (Å²) < 4.78 is 0. The number of carbonyl (C=O) groups excluding carboxylic acids is 1. The Balaban J connectivity index is 2.14. The number of nitrogens with two attached hydrogens (primary N) is 1. The third kappa shape index (κ3) is 3.79. The highest BCUT2D eigenvalue weighted by molar-refractivity contribution is 7.80. The molecule has 108 valence electrons. The van der Waals surface area contributed by atoms with Gasteiger partial charge in [0.15, 0.2) is 5.11 Å². The number of para-hydroxylation sites is 2. The van der Waals surface area contributed by atoms with Gasteiger partial charge in [-0.3, -0.25) is 4.79 Å². The molecule has 4 N–H and O–H groups in total. The number of primary amides is 1. The molecule has 5 heteroatoms. The lowest BCUT2D eigenvalue weighted by atomic mass is 10.1. The van der Waals surface area contributed by atoms with Gasteiger partial charge in [0.1, 0.15) is 0 Å². The second-order valence-corrected chi connectivity index (χ2v) is 4.91. The van der Waals surface area contributed by atoms with Crippen LogP contribution >= 0.6 is 12.2 Å². The zero-order valence-electron chi connectivity index (χ0n) is 11.7. The van der Waals surface area contributed by atoms with Gasteiger partial charge in [-0.05, 0) is 42.4 Å². The van der Waals surface area contributed by atoms with Gasteiger partial charge in [0.05, 0.1) is 11.3 Å². The molecule has 0 spiro atoms. The highest BCUT2D eigenvalue weighted by atomic mass is 32.1. The molecular weight excluding hydrogens is 282 g/mol. The van der Waals surface area contributed by atoms with Crippen molar-refractivity contribution in [2.24, 2.45) is 5.73 Å². The molecule has 2 rings (SSSR count). The van der Waals surface area contributed by atoms with E-state index in [1.54, 1.807) is 18.2 Å². The lowest BCUT2D eigenvalue weighted by Gasteiger charge is -2.14. The third-order valence-corrected chi connectivity index (χ3v) is 3.29. The fourth-order valence-corrected chi connectivity index (χ4v) is 2.25. The molecule has 2 aromatic carbocycles. The predicted molar refractivity (Wildman–Crippen MR) is 90.6 cm³/mol. The van der Waals surface area contributed by atoms with E-state index in [1.165, 1.54) is 5.56 Å². The highest BCUT2D eigenvalue weighted by Gasteiger charge is 2.09. The van der Waals surface area contributed by atoms with Crippen molar-refractivity contribution in [1.29, 1.82) is 0 Å². The molecule has 0 atom stereocenters.